The zero-order valence-corrected chi connectivity index (χ0v) is 12.6. The summed E-state index contributed by atoms with van der Waals surface area (Å²) < 4.78 is 26.4. The third-order valence-electron chi connectivity index (χ3n) is 4.70. The van der Waals surface area contributed by atoms with E-state index in [1.54, 1.807) is 4.31 Å². The van der Waals surface area contributed by atoms with Crippen LogP contribution < -0.4 is 0 Å². The predicted octanol–water partition coefficient (Wildman–Crippen LogP) is 2.39. The maximum Gasteiger partial charge on any atom is 0.214 e. The Balaban J connectivity index is 1.58. The van der Waals surface area contributed by atoms with Gasteiger partial charge in [-0.2, -0.15) is 0 Å². The molecule has 0 unspecified atom stereocenters. The van der Waals surface area contributed by atoms with Crippen LogP contribution in [0.1, 0.15) is 43.6 Å². The number of aromatic nitrogens is 1. The summed E-state index contributed by atoms with van der Waals surface area (Å²) >= 11 is 0. The Labute approximate surface area is 121 Å². The van der Waals surface area contributed by atoms with Crippen LogP contribution in [0.15, 0.2) is 24.5 Å². The number of piperidine rings is 1. The number of hydrogen-bond acceptors (Lipinski definition) is 3. The molecule has 0 N–H and O–H groups in total. The van der Waals surface area contributed by atoms with Gasteiger partial charge >= 0.3 is 0 Å². The van der Waals surface area contributed by atoms with E-state index in [4.69, 9.17) is 0 Å². The maximum atomic E-state index is 12.3. The molecule has 0 atom stereocenters. The van der Waals surface area contributed by atoms with E-state index < -0.39 is 10.0 Å². The summed E-state index contributed by atoms with van der Waals surface area (Å²) in [6, 6.07) is 4.09. The van der Waals surface area contributed by atoms with Crippen molar-refractivity contribution in [2.45, 2.75) is 38.0 Å². The largest absolute Gasteiger partial charge is 0.265 e. The Bertz CT molecular complexity index is 532. The lowest BCUT2D eigenvalue weighted by molar-refractivity contribution is 0.303. The van der Waals surface area contributed by atoms with Crippen LogP contribution in [-0.2, 0) is 10.0 Å². The van der Waals surface area contributed by atoms with Crippen molar-refractivity contribution in [2.75, 3.05) is 18.8 Å². The molecule has 0 amide bonds. The lowest BCUT2D eigenvalue weighted by atomic mass is 9.87. The highest BCUT2D eigenvalue weighted by atomic mass is 32.2. The molecule has 0 bridgehead atoms. The minimum absolute atomic E-state index is 0.368. The molecule has 5 heteroatoms. The lowest BCUT2D eigenvalue weighted by Gasteiger charge is -2.34. The van der Waals surface area contributed by atoms with Crippen molar-refractivity contribution >= 4 is 10.0 Å². The molecule has 1 aromatic heterocycles. The first-order valence-corrected chi connectivity index (χ1v) is 9.14. The van der Waals surface area contributed by atoms with Gasteiger partial charge in [-0.15, -0.1) is 0 Å². The highest BCUT2D eigenvalue weighted by molar-refractivity contribution is 7.89. The van der Waals surface area contributed by atoms with Gasteiger partial charge in [-0.05, 0) is 55.2 Å². The molecule has 3 rings (SSSR count). The third-order valence-corrected chi connectivity index (χ3v) is 6.74. The van der Waals surface area contributed by atoms with E-state index in [2.05, 4.69) is 4.98 Å². The van der Waals surface area contributed by atoms with Gasteiger partial charge in [-0.3, -0.25) is 4.98 Å². The van der Waals surface area contributed by atoms with Crippen LogP contribution in [0.3, 0.4) is 0 Å². The van der Waals surface area contributed by atoms with Gasteiger partial charge in [0.25, 0.3) is 0 Å². The van der Waals surface area contributed by atoms with Gasteiger partial charge in [0.2, 0.25) is 10.0 Å². The first-order valence-electron chi connectivity index (χ1n) is 7.53. The van der Waals surface area contributed by atoms with E-state index in [1.807, 2.05) is 24.5 Å². The molecule has 2 heterocycles. The van der Waals surface area contributed by atoms with Gasteiger partial charge in [0.15, 0.2) is 0 Å². The van der Waals surface area contributed by atoms with Crippen molar-refractivity contribution in [3.05, 3.63) is 30.1 Å². The molecule has 2 aliphatic rings. The first-order chi connectivity index (χ1) is 9.65. The van der Waals surface area contributed by atoms with Crippen LogP contribution in [-0.4, -0.2) is 36.5 Å². The van der Waals surface area contributed by atoms with Crippen molar-refractivity contribution in [3.8, 4) is 0 Å². The smallest absolute Gasteiger partial charge is 0.214 e. The van der Waals surface area contributed by atoms with Crippen molar-refractivity contribution in [3.63, 3.8) is 0 Å². The van der Waals surface area contributed by atoms with Gasteiger partial charge in [0.05, 0.1) is 5.75 Å². The van der Waals surface area contributed by atoms with Crippen LogP contribution in [0.2, 0.25) is 0 Å². The Morgan fingerprint density at radius 3 is 2.30 bits per heavy atom. The standard InChI is InChI=1S/C15H22N2O2S/c18-20(19,12-13-2-1-3-13)17-10-6-15(7-11-17)14-4-8-16-9-5-14/h4-5,8-9,13,15H,1-3,6-7,10-12H2. The van der Waals surface area contributed by atoms with Gasteiger partial charge in [0, 0.05) is 25.5 Å². The molecule has 0 spiro atoms. The number of sulfonamides is 1. The van der Waals surface area contributed by atoms with E-state index in [-0.39, 0.29) is 0 Å². The maximum absolute atomic E-state index is 12.3. The summed E-state index contributed by atoms with van der Waals surface area (Å²) in [6.07, 6.45) is 8.86. The summed E-state index contributed by atoms with van der Waals surface area (Å²) in [5.41, 5.74) is 1.29. The van der Waals surface area contributed by atoms with Crippen molar-refractivity contribution < 1.29 is 8.42 Å². The molecule has 20 heavy (non-hydrogen) atoms. The Morgan fingerprint density at radius 1 is 1.10 bits per heavy atom. The average Bonchev–Trinajstić information content (AvgIpc) is 2.44. The fraction of sp³-hybridized carbons (Fsp3) is 0.667. The summed E-state index contributed by atoms with van der Waals surface area (Å²) in [7, 11) is -3.03. The molecule has 110 valence electrons. The second-order valence-electron chi connectivity index (χ2n) is 6.03. The predicted molar refractivity (Wildman–Crippen MR) is 78.9 cm³/mol. The zero-order valence-electron chi connectivity index (χ0n) is 11.7. The van der Waals surface area contributed by atoms with Crippen molar-refractivity contribution in [1.29, 1.82) is 0 Å². The van der Waals surface area contributed by atoms with E-state index in [0.717, 1.165) is 25.7 Å². The van der Waals surface area contributed by atoms with Gasteiger partial charge in [-0.25, -0.2) is 12.7 Å². The number of nitrogens with zero attached hydrogens (tertiary/aromatic N) is 2. The molecule has 0 radical (unpaired) electrons. The highest BCUT2D eigenvalue weighted by Gasteiger charge is 2.32. The fourth-order valence-corrected chi connectivity index (χ4v) is 5.07. The molecule has 0 aromatic carbocycles. The van der Waals surface area contributed by atoms with E-state index in [0.29, 0.717) is 30.7 Å². The molecular weight excluding hydrogens is 272 g/mol. The molecule has 1 aliphatic heterocycles. The number of hydrogen-bond donors (Lipinski definition) is 0. The van der Waals surface area contributed by atoms with Crippen LogP contribution in [0.5, 0.6) is 0 Å². The molecule has 1 saturated heterocycles. The Hall–Kier alpha value is -0.940. The lowest BCUT2D eigenvalue weighted by Crippen LogP contribution is -2.41. The molecule has 4 nitrogen and oxygen atoms in total. The Kier molecular flexibility index (Phi) is 4.08. The highest BCUT2D eigenvalue weighted by Crippen LogP contribution is 2.32. The number of pyridine rings is 1. The van der Waals surface area contributed by atoms with Crippen LogP contribution in [0.4, 0.5) is 0 Å². The topological polar surface area (TPSA) is 50.3 Å². The normalized spacial score (nSPS) is 22.6. The number of rotatable bonds is 4. The second-order valence-corrected chi connectivity index (χ2v) is 8.04. The van der Waals surface area contributed by atoms with E-state index >= 15 is 0 Å². The monoisotopic (exact) mass is 294 g/mol. The van der Waals surface area contributed by atoms with Crippen LogP contribution in [0.25, 0.3) is 0 Å². The quantitative estimate of drug-likeness (QED) is 0.856. The molecular formula is C15H22N2O2S. The van der Waals surface area contributed by atoms with E-state index in [1.165, 1.54) is 12.0 Å². The molecule has 1 aromatic rings. The summed E-state index contributed by atoms with van der Waals surface area (Å²) in [5, 5.41) is 0. The fourth-order valence-electron chi connectivity index (χ4n) is 3.17. The summed E-state index contributed by atoms with van der Waals surface area (Å²) in [4.78, 5) is 4.04. The minimum atomic E-state index is -3.03. The second kappa shape index (κ2) is 5.82. The van der Waals surface area contributed by atoms with Gasteiger partial charge in [0.1, 0.15) is 0 Å². The molecule has 1 saturated carbocycles. The summed E-state index contributed by atoms with van der Waals surface area (Å²) in [6.45, 7) is 1.34. The van der Waals surface area contributed by atoms with Gasteiger partial charge in [-0.1, -0.05) is 6.42 Å². The van der Waals surface area contributed by atoms with E-state index in [9.17, 15) is 8.42 Å². The molecule has 1 aliphatic carbocycles. The minimum Gasteiger partial charge on any atom is -0.265 e. The van der Waals surface area contributed by atoms with Crippen LogP contribution >= 0.6 is 0 Å². The third kappa shape index (κ3) is 3.04. The Morgan fingerprint density at radius 2 is 1.75 bits per heavy atom. The average molecular weight is 294 g/mol. The SMILES string of the molecule is O=S(=O)(CC1CCC1)N1CCC(c2ccncc2)CC1. The molecule has 2 fully saturated rings. The van der Waals surface area contributed by atoms with Crippen LogP contribution in [0, 0.1) is 5.92 Å². The van der Waals surface area contributed by atoms with Crippen molar-refractivity contribution in [1.82, 2.24) is 9.29 Å². The summed E-state index contributed by atoms with van der Waals surface area (Å²) in [5.74, 6) is 1.26. The van der Waals surface area contributed by atoms with Crippen molar-refractivity contribution in [2.24, 2.45) is 5.92 Å². The zero-order chi connectivity index (χ0) is 14.0. The first kappa shape index (κ1) is 14.0. The van der Waals surface area contributed by atoms with Gasteiger partial charge < -0.3 is 0 Å².